The number of nitrogens with two attached hydrogens (primary N) is 1. The first-order valence-corrected chi connectivity index (χ1v) is 6.81. The number of benzene rings is 2. The van der Waals surface area contributed by atoms with Gasteiger partial charge in [0.1, 0.15) is 17.9 Å². The third-order valence-corrected chi connectivity index (χ3v) is 3.81. The molecule has 2 aromatic rings. The molecule has 3 N–H and O–H groups in total. The van der Waals surface area contributed by atoms with Crippen molar-refractivity contribution >= 4 is 11.4 Å². The van der Waals surface area contributed by atoms with Gasteiger partial charge in [-0.15, -0.1) is 0 Å². The first kappa shape index (κ1) is 13.8. The largest absolute Gasteiger partial charge is 0.399 e. The Balaban J connectivity index is 1.81. The van der Waals surface area contributed by atoms with E-state index in [4.69, 9.17) is 5.73 Å². The quantitative estimate of drug-likeness (QED) is 0.854. The molecule has 1 atom stereocenters. The van der Waals surface area contributed by atoms with Crippen molar-refractivity contribution in [2.75, 3.05) is 17.2 Å². The molecule has 0 amide bonds. The summed E-state index contributed by atoms with van der Waals surface area (Å²) in [5, 5.41) is 10.3. The van der Waals surface area contributed by atoms with Gasteiger partial charge in [-0.2, -0.15) is 0 Å². The second-order valence-electron chi connectivity index (χ2n) is 5.25. The predicted molar refractivity (Wildman–Crippen MR) is 78.0 cm³/mol. The van der Waals surface area contributed by atoms with Gasteiger partial charge in [0, 0.05) is 24.3 Å². The van der Waals surface area contributed by atoms with Gasteiger partial charge < -0.3 is 15.7 Å². The first-order valence-electron chi connectivity index (χ1n) is 6.81. The normalized spacial score (nSPS) is 15.1. The molecule has 0 aliphatic carbocycles. The van der Waals surface area contributed by atoms with E-state index in [0.717, 1.165) is 35.9 Å². The Morgan fingerprint density at radius 3 is 2.81 bits per heavy atom. The van der Waals surface area contributed by atoms with Crippen LogP contribution >= 0.6 is 0 Å². The summed E-state index contributed by atoms with van der Waals surface area (Å²) < 4.78 is 26.8. The molecule has 3 rings (SSSR count). The number of nitrogen functional groups attached to an aromatic ring is 1. The predicted octanol–water partition coefficient (Wildman–Crippen LogP) is 2.47. The monoisotopic (exact) mass is 290 g/mol. The maximum Gasteiger partial charge on any atom is 0.131 e. The van der Waals surface area contributed by atoms with Crippen LogP contribution in [-0.4, -0.2) is 17.9 Å². The van der Waals surface area contributed by atoms with Crippen LogP contribution in [0.3, 0.4) is 0 Å². The van der Waals surface area contributed by atoms with E-state index in [-0.39, 0.29) is 12.0 Å². The van der Waals surface area contributed by atoms with Gasteiger partial charge in [0.15, 0.2) is 0 Å². The number of rotatable bonds is 3. The Labute approximate surface area is 121 Å². The number of fused-ring (bicyclic) bond motifs is 1. The average molecular weight is 290 g/mol. The highest BCUT2D eigenvalue weighted by molar-refractivity contribution is 5.63. The summed E-state index contributed by atoms with van der Waals surface area (Å²) >= 11 is 0. The van der Waals surface area contributed by atoms with Crippen molar-refractivity contribution in [2.45, 2.75) is 19.1 Å². The number of nitrogens with zero attached hydrogens (tertiary/aromatic N) is 1. The van der Waals surface area contributed by atoms with Crippen LogP contribution in [-0.2, 0) is 12.8 Å². The number of hydrogen-bond acceptors (Lipinski definition) is 3. The third kappa shape index (κ3) is 2.69. The van der Waals surface area contributed by atoms with Gasteiger partial charge in [-0.3, -0.25) is 0 Å². The maximum atomic E-state index is 13.7. The fourth-order valence-corrected chi connectivity index (χ4v) is 2.76. The Bertz CT molecular complexity index is 675. The zero-order chi connectivity index (χ0) is 15.0. The highest BCUT2D eigenvalue weighted by Gasteiger charge is 2.25. The number of aliphatic hydroxyl groups excluding tert-OH is 1. The van der Waals surface area contributed by atoms with E-state index >= 15 is 0 Å². The van der Waals surface area contributed by atoms with E-state index < -0.39 is 17.9 Å². The molecule has 1 aliphatic heterocycles. The molecule has 0 bridgehead atoms. The van der Waals surface area contributed by atoms with Crippen molar-refractivity contribution < 1.29 is 13.9 Å². The van der Waals surface area contributed by atoms with Gasteiger partial charge >= 0.3 is 0 Å². The fraction of sp³-hybridized carbons (Fsp3) is 0.250. The van der Waals surface area contributed by atoms with E-state index in [1.165, 1.54) is 0 Å². The summed E-state index contributed by atoms with van der Waals surface area (Å²) in [6, 6.07) is 8.77. The van der Waals surface area contributed by atoms with Crippen LogP contribution in [0.2, 0.25) is 0 Å². The molecule has 1 unspecified atom stereocenters. The summed E-state index contributed by atoms with van der Waals surface area (Å²) in [7, 11) is 0. The lowest BCUT2D eigenvalue weighted by molar-refractivity contribution is 0.170. The van der Waals surface area contributed by atoms with Crippen LogP contribution < -0.4 is 10.6 Å². The van der Waals surface area contributed by atoms with Crippen LogP contribution in [0.1, 0.15) is 11.1 Å². The van der Waals surface area contributed by atoms with Gasteiger partial charge in [-0.05, 0) is 53.9 Å². The zero-order valence-corrected chi connectivity index (χ0v) is 11.4. The Hall–Kier alpha value is -2.14. The summed E-state index contributed by atoms with van der Waals surface area (Å²) in [6.07, 6.45) is -0.0811. The molecule has 1 aliphatic rings. The van der Waals surface area contributed by atoms with Crippen LogP contribution in [0.15, 0.2) is 36.4 Å². The lowest BCUT2D eigenvalue weighted by Gasteiger charge is -2.26. The van der Waals surface area contributed by atoms with Crippen molar-refractivity contribution in [2.24, 2.45) is 0 Å². The molecule has 0 spiro atoms. The lowest BCUT2D eigenvalue weighted by atomic mass is 10.1. The SMILES string of the molecule is Nc1ccc2c(c1)CCN2C(O)Cc1cc(F)ccc1F. The fourth-order valence-electron chi connectivity index (χ4n) is 2.76. The molecule has 2 aromatic carbocycles. The molecule has 0 radical (unpaired) electrons. The van der Waals surface area contributed by atoms with Crippen molar-refractivity contribution in [3.05, 3.63) is 59.2 Å². The molecule has 3 nitrogen and oxygen atoms in total. The van der Waals surface area contributed by atoms with Gasteiger partial charge in [-0.1, -0.05) is 0 Å². The highest BCUT2D eigenvalue weighted by atomic mass is 19.1. The summed E-state index contributed by atoms with van der Waals surface area (Å²) in [4.78, 5) is 1.79. The van der Waals surface area contributed by atoms with E-state index in [2.05, 4.69) is 0 Å². The standard InChI is InChI=1S/C16H16F2N2O/c17-12-1-3-14(18)11(7-12)9-16(21)20-6-5-10-8-13(19)2-4-15(10)20/h1-4,7-8,16,21H,5-6,9,19H2. The summed E-state index contributed by atoms with van der Waals surface area (Å²) in [6.45, 7) is 0.636. The molecule has 21 heavy (non-hydrogen) atoms. The Morgan fingerprint density at radius 1 is 1.19 bits per heavy atom. The Kier molecular flexibility index (Phi) is 3.51. The summed E-state index contributed by atoms with van der Waals surface area (Å²) in [5.41, 5.74) is 8.55. The molecule has 1 heterocycles. The molecule has 0 aromatic heterocycles. The summed E-state index contributed by atoms with van der Waals surface area (Å²) in [5.74, 6) is -1.01. The molecule has 0 saturated heterocycles. The molecule has 0 fully saturated rings. The van der Waals surface area contributed by atoms with Crippen LogP contribution in [0.5, 0.6) is 0 Å². The van der Waals surface area contributed by atoms with E-state index in [9.17, 15) is 13.9 Å². The van der Waals surface area contributed by atoms with Gasteiger partial charge in [-0.25, -0.2) is 8.78 Å². The van der Waals surface area contributed by atoms with Crippen molar-refractivity contribution in [1.29, 1.82) is 0 Å². The second kappa shape index (κ2) is 5.33. The molecule has 110 valence electrons. The van der Waals surface area contributed by atoms with Crippen LogP contribution in [0, 0.1) is 11.6 Å². The van der Waals surface area contributed by atoms with E-state index in [1.54, 1.807) is 11.0 Å². The number of aliphatic hydroxyl groups is 1. The minimum Gasteiger partial charge on any atom is -0.399 e. The molecular formula is C16H16F2N2O. The third-order valence-electron chi connectivity index (χ3n) is 3.81. The second-order valence-corrected chi connectivity index (χ2v) is 5.25. The lowest BCUT2D eigenvalue weighted by Crippen LogP contribution is -2.35. The van der Waals surface area contributed by atoms with Crippen LogP contribution in [0.4, 0.5) is 20.2 Å². The number of halogens is 2. The molecule has 5 heteroatoms. The molecule has 0 saturated carbocycles. The zero-order valence-electron chi connectivity index (χ0n) is 11.4. The maximum absolute atomic E-state index is 13.7. The average Bonchev–Trinajstić information content (AvgIpc) is 2.85. The van der Waals surface area contributed by atoms with E-state index in [1.807, 2.05) is 12.1 Å². The first-order chi connectivity index (χ1) is 10.0. The minimum absolute atomic E-state index is 0.0351. The topological polar surface area (TPSA) is 49.5 Å². The molecular weight excluding hydrogens is 274 g/mol. The van der Waals surface area contributed by atoms with Crippen molar-refractivity contribution in [1.82, 2.24) is 0 Å². The van der Waals surface area contributed by atoms with E-state index in [0.29, 0.717) is 12.2 Å². The number of anilines is 2. The van der Waals surface area contributed by atoms with Crippen LogP contribution in [0.25, 0.3) is 0 Å². The smallest absolute Gasteiger partial charge is 0.131 e. The number of hydrogen-bond donors (Lipinski definition) is 2. The van der Waals surface area contributed by atoms with Gasteiger partial charge in [0.25, 0.3) is 0 Å². The highest BCUT2D eigenvalue weighted by Crippen LogP contribution is 2.31. The van der Waals surface area contributed by atoms with Gasteiger partial charge in [0.05, 0.1) is 0 Å². The van der Waals surface area contributed by atoms with Crippen molar-refractivity contribution in [3.8, 4) is 0 Å². The van der Waals surface area contributed by atoms with Crippen molar-refractivity contribution in [3.63, 3.8) is 0 Å². The van der Waals surface area contributed by atoms with Gasteiger partial charge in [0.2, 0.25) is 0 Å². The minimum atomic E-state index is -0.897. The Morgan fingerprint density at radius 2 is 2.00 bits per heavy atom.